The van der Waals surface area contributed by atoms with Crippen molar-refractivity contribution in [2.75, 3.05) is 7.11 Å². The third kappa shape index (κ3) is 3.06. The van der Waals surface area contributed by atoms with Gasteiger partial charge in [0.05, 0.1) is 7.11 Å². The molecule has 0 spiro atoms. The summed E-state index contributed by atoms with van der Waals surface area (Å²) in [4.78, 5) is 22.0. The maximum absolute atomic E-state index is 11.4. The molecule has 20 heavy (non-hydrogen) atoms. The van der Waals surface area contributed by atoms with Gasteiger partial charge in [0.15, 0.2) is 0 Å². The van der Waals surface area contributed by atoms with Gasteiger partial charge in [0.2, 0.25) is 0 Å². The zero-order valence-electron chi connectivity index (χ0n) is 11.2. The van der Waals surface area contributed by atoms with Crippen LogP contribution < -0.4 is 4.74 Å². The molecule has 0 radical (unpaired) electrons. The zero-order chi connectivity index (χ0) is 14.5. The summed E-state index contributed by atoms with van der Waals surface area (Å²) in [5, 5.41) is 0. The summed E-state index contributed by atoms with van der Waals surface area (Å²) in [6.45, 7) is 1.88. The number of aryl methyl sites for hydroxylation is 1. The maximum atomic E-state index is 11.4. The van der Waals surface area contributed by atoms with Crippen molar-refractivity contribution < 1.29 is 23.5 Å². The summed E-state index contributed by atoms with van der Waals surface area (Å²) in [7, 11) is 1.32. The third-order valence-corrected chi connectivity index (χ3v) is 2.77. The van der Waals surface area contributed by atoms with Crippen molar-refractivity contribution in [3.05, 3.63) is 53.0 Å². The highest BCUT2D eigenvalue weighted by molar-refractivity contribution is 5.90. The molecule has 2 rings (SSSR count). The lowest BCUT2D eigenvalue weighted by molar-refractivity contribution is 0.0598. The molecule has 0 N–H and O–H groups in total. The second kappa shape index (κ2) is 6.06. The first-order valence-electron chi connectivity index (χ1n) is 5.99. The molecule has 0 fully saturated rings. The van der Waals surface area contributed by atoms with Crippen LogP contribution in [0.25, 0.3) is 0 Å². The Labute approximate surface area is 116 Å². The summed E-state index contributed by atoms with van der Waals surface area (Å²) in [5.74, 6) is 1.20. The fraction of sp³-hybridized carbons (Fsp3) is 0.200. The highest BCUT2D eigenvalue weighted by Gasteiger charge is 2.15. The van der Waals surface area contributed by atoms with Gasteiger partial charge in [-0.2, -0.15) is 0 Å². The number of benzene rings is 1. The molecule has 1 aromatic carbocycles. The molecule has 0 saturated heterocycles. The van der Waals surface area contributed by atoms with Gasteiger partial charge in [-0.25, -0.2) is 4.79 Å². The molecule has 5 heteroatoms. The minimum Gasteiger partial charge on any atom is -0.486 e. The molecule has 104 valence electrons. The van der Waals surface area contributed by atoms with E-state index in [2.05, 4.69) is 4.74 Å². The Hall–Kier alpha value is -2.56. The van der Waals surface area contributed by atoms with Crippen LogP contribution in [0.2, 0.25) is 0 Å². The van der Waals surface area contributed by atoms with E-state index in [9.17, 15) is 9.59 Å². The van der Waals surface area contributed by atoms with E-state index >= 15 is 0 Å². The zero-order valence-corrected chi connectivity index (χ0v) is 11.2. The van der Waals surface area contributed by atoms with Gasteiger partial charge in [-0.15, -0.1) is 0 Å². The number of furan rings is 1. The van der Waals surface area contributed by atoms with Crippen LogP contribution in [0, 0.1) is 6.92 Å². The van der Waals surface area contributed by atoms with E-state index in [1.54, 1.807) is 37.3 Å². The number of hydrogen-bond acceptors (Lipinski definition) is 5. The van der Waals surface area contributed by atoms with Gasteiger partial charge in [0.1, 0.15) is 35.7 Å². The first-order chi connectivity index (χ1) is 9.63. The minimum absolute atomic E-state index is 0.193. The number of esters is 1. The van der Waals surface area contributed by atoms with Crippen molar-refractivity contribution >= 4 is 12.3 Å². The fourth-order valence-corrected chi connectivity index (χ4v) is 1.72. The van der Waals surface area contributed by atoms with Crippen LogP contribution in [0.3, 0.4) is 0 Å². The van der Waals surface area contributed by atoms with E-state index in [1.165, 1.54) is 7.11 Å². The Kier molecular flexibility index (Phi) is 4.20. The second-order valence-corrected chi connectivity index (χ2v) is 4.15. The minimum atomic E-state index is -0.437. The van der Waals surface area contributed by atoms with E-state index in [-0.39, 0.29) is 6.61 Å². The number of aldehydes is 1. The van der Waals surface area contributed by atoms with E-state index in [0.29, 0.717) is 28.4 Å². The molecular weight excluding hydrogens is 260 g/mol. The Bertz CT molecular complexity index is 610. The largest absolute Gasteiger partial charge is 0.486 e. The van der Waals surface area contributed by atoms with Crippen molar-refractivity contribution in [2.24, 2.45) is 0 Å². The third-order valence-electron chi connectivity index (χ3n) is 2.77. The van der Waals surface area contributed by atoms with Crippen molar-refractivity contribution in [2.45, 2.75) is 13.5 Å². The van der Waals surface area contributed by atoms with Gasteiger partial charge >= 0.3 is 5.97 Å². The number of hydrogen-bond donors (Lipinski definition) is 0. The predicted molar refractivity (Wildman–Crippen MR) is 70.9 cm³/mol. The molecular formula is C15H14O5. The van der Waals surface area contributed by atoms with Crippen LogP contribution in [0.15, 0.2) is 34.7 Å². The molecule has 0 aliphatic rings. The smallest absolute Gasteiger partial charge is 0.341 e. The summed E-state index contributed by atoms with van der Waals surface area (Å²) in [6.07, 6.45) is 0.766. The molecule has 1 heterocycles. The van der Waals surface area contributed by atoms with E-state index < -0.39 is 5.97 Å². The fourth-order valence-electron chi connectivity index (χ4n) is 1.72. The topological polar surface area (TPSA) is 65.7 Å². The van der Waals surface area contributed by atoms with Crippen LogP contribution in [-0.2, 0) is 11.3 Å². The number of methoxy groups -OCH3 is 1. The van der Waals surface area contributed by atoms with E-state index in [1.807, 2.05) is 0 Å². The average molecular weight is 274 g/mol. The van der Waals surface area contributed by atoms with Crippen molar-refractivity contribution in [1.29, 1.82) is 0 Å². The highest BCUT2D eigenvalue weighted by atomic mass is 16.5. The lowest BCUT2D eigenvalue weighted by atomic mass is 10.2. The summed E-state index contributed by atoms with van der Waals surface area (Å²) in [5.41, 5.74) is 0.974. The Morgan fingerprint density at radius 3 is 2.60 bits per heavy atom. The van der Waals surface area contributed by atoms with Crippen LogP contribution >= 0.6 is 0 Å². The monoisotopic (exact) mass is 274 g/mol. The maximum Gasteiger partial charge on any atom is 0.341 e. The van der Waals surface area contributed by atoms with Crippen LogP contribution in [0.5, 0.6) is 5.75 Å². The number of rotatable bonds is 5. The molecule has 1 aromatic heterocycles. The molecule has 2 aromatic rings. The summed E-state index contributed by atoms with van der Waals surface area (Å²) >= 11 is 0. The van der Waals surface area contributed by atoms with Crippen LogP contribution in [0.4, 0.5) is 0 Å². The van der Waals surface area contributed by atoms with Gasteiger partial charge in [-0.3, -0.25) is 4.79 Å². The highest BCUT2D eigenvalue weighted by Crippen LogP contribution is 2.18. The lowest BCUT2D eigenvalue weighted by Gasteiger charge is -2.03. The molecule has 5 nitrogen and oxygen atoms in total. The SMILES string of the molecule is COC(=O)c1cc(COc2ccc(C=O)cc2)oc1C. The Morgan fingerprint density at radius 2 is 2.00 bits per heavy atom. The van der Waals surface area contributed by atoms with Crippen LogP contribution in [0.1, 0.15) is 32.2 Å². The quantitative estimate of drug-likeness (QED) is 0.619. The first-order valence-corrected chi connectivity index (χ1v) is 5.99. The lowest BCUT2D eigenvalue weighted by Crippen LogP contribution is -2.00. The molecule has 0 bridgehead atoms. The molecule has 0 unspecified atom stereocenters. The second-order valence-electron chi connectivity index (χ2n) is 4.15. The molecule has 0 aliphatic heterocycles. The average Bonchev–Trinajstić information content (AvgIpc) is 2.86. The Balaban J connectivity index is 2.03. The number of carbonyl (C=O) groups is 2. The van der Waals surface area contributed by atoms with Gasteiger partial charge in [0, 0.05) is 5.56 Å². The number of ether oxygens (including phenoxy) is 2. The Morgan fingerprint density at radius 1 is 1.30 bits per heavy atom. The van der Waals surface area contributed by atoms with Crippen molar-refractivity contribution in [1.82, 2.24) is 0 Å². The first kappa shape index (κ1) is 13.9. The molecule has 0 saturated carbocycles. The van der Waals surface area contributed by atoms with E-state index in [0.717, 1.165) is 6.29 Å². The predicted octanol–water partition coefficient (Wildman–Crippen LogP) is 2.77. The summed E-state index contributed by atoms with van der Waals surface area (Å²) in [6, 6.07) is 8.31. The normalized spacial score (nSPS) is 10.1. The molecule has 0 aliphatic carbocycles. The summed E-state index contributed by atoms with van der Waals surface area (Å²) < 4.78 is 15.6. The van der Waals surface area contributed by atoms with Gasteiger partial charge in [-0.1, -0.05) is 0 Å². The number of carbonyl (C=O) groups excluding carboxylic acids is 2. The van der Waals surface area contributed by atoms with Crippen molar-refractivity contribution in [3.8, 4) is 5.75 Å². The van der Waals surface area contributed by atoms with Gasteiger partial charge < -0.3 is 13.9 Å². The molecule has 0 atom stereocenters. The molecule has 0 amide bonds. The van der Waals surface area contributed by atoms with Crippen LogP contribution in [-0.4, -0.2) is 19.4 Å². The van der Waals surface area contributed by atoms with Crippen molar-refractivity contribution in [3.63, 3.8) is 0 Å². The standard InChI is InChI=1S/C15H14O5/c1-10-14(15(17)18-2)7-13(20-10)9-19-12-5-3-11(8-16)4-6-12/h3-8H,9H2,1-2H3. The van der Waals surface area contributed by atoms with Gasteiger partial charge in [0.25, 0.3) is 0 Å². The van der Waals surface area contributed by atoms with Gasteiger partial charge in [-0.05, 0) is 37.3 Å². The van der Waals surface area contributed by atoms with E-state index in [4.69, 9.17) is 9.15 Å².